The number of nitrogens with one attached hydrogen (secondary N) is 1. The number of nitrogens with zero attached hydrogens (tertiary/aromatic N) is 1. The number of benzene rings is 1. The summed E-state index contributed by atoms with van der Waals surface area (Å²) in [6, 6.07) is 10.5. The lowest BCUT2D eigenvalue weighted by Crippen LogP contribution is -2.55. The SMILES string of the molecule is CCCCCCCC(=O)CCCCCC/C=C/[C@H](C(=O)N[C@@H](Cc1ccc(-c2cccc(OC)n2)cc1)C(=O)O)[C@@](O)(CC(=O)O)C(=O)O. The van der Waals surface area contributed by atoms with Crippen LogP contribution >= 0.6 is 0 Å². The largest absolute Gasteiger partial charge is 0.481 e. The quantitative estimate of drug-likeness (QED) is 0.0645. The predicted molar refractivity (Wildman–Crippen MR) is 183 cm³/mol. The molecule has 0 bridgehead atoms. The fourth-order valence-electron chi connectivity index (χ4n) is 5.43. The highest BCUT2D eigenvalue weighted by molar-refractivity contribution is 5.94. The number of carbonyl (C=O) groups excluding carboxylic acids is 2. The zero-order valence-corrected chi connectivity index (χ0v) is 28.4. The van der Waals surface area contributed by atoms with Gasteiger partial charge in [0.15, 0.2) is 5.60 Å². The minimum absolute atomic E-state index is 0.172. The lowest BCUT2D eigenvalue weighted by Gasteiger charge is -2.29. The van der Waals surface area contributed by atoms with Crippen molar-refractivity contribution in [3.8, 4) is 17.1 Å². The number of amides is 1. The maximum Gasteiger partial charge on any atom is 0.337 e. The van der Waals surface area contributed by atoms with E-state index in [-0.39, 0.29) is 12.2 Å². The fraction of sp³-hybridized carbons (Fsp3) is 0.514. The van der Waals surface area contributed by atoms with Crippen molar-refractivity contribution in [2.75, 3.05) is 7.11 Å². The van der Waals surface area contributed by atoms with Gasteiger partial charge in [0.1, 0.15) is 11.8 Å². The Labute approximate surface area is 287 Å². The summed E-state index contributed by atoms with van der Waals surface area (Å²) >= 11 is 0. The second-order valence-electron chi connectivity index (χ2n) is 12.2. The summed E-state index contributed by atoms with van der Waals surface area (Å²) in [6.07, 6.45) is 11.2. The molecule has 0 saturated carbocycles. The number of allylic oxidation sites excluding steroid dienone is 1. The standard InChI is InChI=1S/C37H50N2O10/c1-3-4-5-8-11-15-28(40)16-12-9-6-7-10-13-17-29(37(48,36(46)47)25-33(41)42)34(43)39-31(35(44)45)24-26-20-22-27(23-21-26)30-18-14-19-32(38-30)49-2/h13-14,17-23,29,31,48H,3-12,15-16,24-25H2,1-2H3,(H,39,43)(H,41,42)(H,44,45)(H,46,47)/b17-13+/t29-,31+,37+/m1/s1. The van der Waals surface area contributed by atoms with Crippen LogP contribution in [0.25, 0.3) is 11.3 Å². The van der Waals surface area contributed by atoms with E-state index in [4.69, 9.17) is 4.74 Å². The molecule has 1 amide bonds. The molecule has 0 spiro atoms. The number of unbranched alkanes of at least 4 members (excludes halogenated alkanes) is 8. The average molecular weight is 683 g/mol. The summed E-state index contributed by atoms with van der Waals surface area (Å²) in [4.78, 5) is 65.6. The number of hydrogen-bond donors (Lipinski definition) is 5. The highest BCUT2D eigenvalue weighted by Gasteiger charge is 2.49. The maximum absolute atomic E-state index is 13.4. The minimum atomic E-state index is -3.03. The van der Waals surface area contributed by atoms with Crippen LogP contribution in [0.1, 0.15) is 96.0 Å². The first kappa shape index (κ1) is 40.6. The van der Waals surface area contributed by atoms with Crippen molar-refractivity contribution in [3.05, 3.63) is 60.2 Å². The monoisotopic (exact) mass is 682 g/mol. The van der Waals surface area contributed by atoms with Crippen molar-refractivity contribution in [1.29, 1.82) is 0 Å². The molecule has 268 valence electrons. The van der Waals surface area contributed by atoms with E-state index < -0.39 is 47.8 Å². The number of carboxylic acids is 3. The molecule has 2 rings (SSSR count). The van der Waals surface area contributed by atoms with Crippen LogP contribution in [0.3, 0.4) is 0 Å². The lowest BCUT2D eigenvalue weighted by atomic mass is 9.82. The van der Waals surface area contributed by atoms with Crippen LogP contribution in [0.15, 0.2) is 54.6 Å². The van der Waals surface area contributed by atoms with Gasteiger partial charge >= 0.3 is 17.9 Å². The van der Waals surface area contributed by atoms with E-state index >= 15 is 0 Å². The molecule has 3 atom stereocenters. The van der Waals surface area contributed by atoms with Crippen molar-refractivity contribution in [1.82, 2.24) is 10.3 Å². The van der Waals surface area contributed by atoms with Crippen LogP contribution in [0, 0.1) is 5.92 Å². The first-order chi connectivity index (χ1) is 23.4. The van der Waals surface area contributed by atoms with Crippen molar-refractivity contribution >= 4 is 29.6 Å². The third-order valence-electron chi connectivity index (χ3n) is 8.29. The Hall–Kier alpha value is -4.58. The summed E-state index contributed by atoms with van der Waals surface area (Å²) in [7, 11) is 1.50. The molecule has 1 heterocycles. The smallest absolute Gasteiger partial charge is 0.337 e. The Morgan fingerprint density at radius 2 is 1.51 bits per heavy atom. The van der Waals surface area contributed by atoms with E-state index in [1.54, 1.807) is 42.5 Å². The normalized spacial score (nSPS) is 13.7. The molecule has 12 nitrogen and oxygen atoms in total. The zero-order chi connectivity index (χ0) is 36.2. The second kappa shape index (κ2) is 21.4. The number of ketones is 1. The summed E-state index contributed by atoms with van der Waals surface area (Å²) in [5.41, 5.74) is -1.11. The first-order valence-corrected chi connectivity index (χ1v) is 16.9. The third-order valence-corrected chi connectivity index (χ3v) is 8.29. The van der Waals surface area contributed by atoms with Crippen LogP contribution in [0.2, 0.25) is 0 Å². The van der Waals surface area contributed by atoms with Gasteiger partial charge in [-0.2, -0.15) is 0 Å². The van der Waals surface area contributed by atoms with Gasteiger partial charge in [0.25, 0.3) is 0 Å². The molecule has 1 aromatic carbocycles. The van der Waals surface area contributed by atoms with Crippen LogP contribution in [0.5, 0.6) is 5.88 Å². The number of aliphatic carboxylic acids is 3. The highest BCUT2D eigenvalue weighted by atomic mass is 16.5. The molecule has 0 fully saturated rings. The molecule has 2 aromatic rings. The van der Waals surface area contributed by atoms with Gasteiger partial charge in [0, 0.05) is 30.9 Å². The number of Topliss-reactive ketones (excluding diaryl/α,β-unsaturated/α-hetero) is 1. The predicted octanol–water partition coefficient (Wildman–Crippen LogP) is 5.60. The number of hydrogen-bond acceptors (Lipinski definition) is 8. The highest BCUT2D eigenvalue weighted by Crippen LogP contribution is 2.26. The van der Waals surface area contributed by atoms with Gasteiger partial charge in [-0.25, -0.2) is 14.6 Å². The Bertz CT molecular complexity index is 1410. The number of ether oxygens (including phenoxy) is 1. The van der Waals surface area contributed by atoms with E-state index in [2.05, 4.69) is 17.2 Å². The number of carboxylic acid groups (broad SMARTS) is 3. The summed E-state index contributed by atoms with van der Waals surface area (Å²) < 4.78 is 5.15. The average Bonchev–Trinajstić information content (AvgIpc) is 3.06. The molecular weight excluding hydrogens is 632 g/mol. The number of aromatic nitrogens is 1. The first-order valence-electron chi connectivity index (χ1n) is 16.9. The van der Waals surface area contributed by atoms with Gasteiger partial charge in [-0.15, -0.1) is 0 Å². The Morgan fingerprint density at radius 3 is 2.08 bits per heavy atom. The van der Waals surface area contributed by atoms with Gasteiger partial charge in [-0.3, -0.25) is 14.4 Å². The Morgan fingerprint density at radius 1 is 0.878 bits per heavy atom. The van der Waals surface area contributed by atoms with E-state index in [9.17, 15) is 44.4 Å². The van der Waals surface area contributed by atoms with E-state index in [1.165, 1.54) is 19.6 Å². The fourth-order valence-corrected chi connectivity index (χ4v) is 5.43. The molecule has 0 aliphatic rings. The molecule has 0 saturated heterocycles. The maximum atomic E-state index is 13.4. The van der Waals surface area contributed by atoms with E-state index in [1.807, 2.05) is 0 Å². The van der Waals surface area contributed by atoms with Crippen molar-refractivity contribution in [2.45, 2.75) is 108 Å². The topological polar surface area (TPSA) is 200 Å². The Kier molecular flexibility index (Phi) is 17.7. The van der Waals surface area contributed by atoms with Gasteiger partial charge in [-0.1, -0.05) is 87.9 Å². The van der Waals surface area contributed by atoms with Crippen molar-refractivity contribution in [2.24, 2.45) is 5.92 Å². The minimum Gasteiger partial charge on any atom is -0.481 e. The summed E-state index contributed by atoms with van der Waals surface area (Å²) in [5, 5.41) is 42.2. The van der Waals surface area contributed by atoms with E-state index in [0.717, 1.165) is 56.6 Å². The zero-order valence-electron chi connectivity index (χ0n) is 28.4. The van der Waals surface area contributed by atoms with Crippen molar-refractivity contribution in [3.63, 3.8) is 0 Å². The molecule has 5 N–H and O–H groups in total. The summed E-state index contributed by atoms with van der Waals surface area (Å²) in [6.45, 7) is 2.15. The molecule has 0 aliphatic carbocycles. The Balaban J connectivity index is 2.04. The lowest BCUT2D eigenvalue weighted by molar-refractivity contribution is -0.172. The second-order valence-corrected chi connectivity index (χ2v) is 12.2. The number of methoxy groups -OCH3 is 1. The van der Waals surface area contributed by atoms with Crippen LogP contribution < -0.4 is 10.1 Å². The van der Waals surface area contributed by atoms with Crippen molar-refractivity contribution < 1.29 is 49.1 Å². The molecule has 0 unspecified atom stereocenters. The number of rotatable bonds is 25. The van der Waals surface area contributed by atoms with Crippen LogP contribution in [-0.2, 0) is 30.4 Å². The molecule has 1 aromatic heterocycles. The van der Waals surface area contributed by atoms with Crippen LogP contribution in [-0.4, -0.2) is 73.8 Å². The number of aliphatic hydroxyl groups is 1. The van der Waals surface area contributed by atoms with E-state index in [0.29, 0.717) is 42.8 Å². The van der Waals surface area contributed by atoms with Crippen LogP contribution in [0.4, 0.5) is 0 Å². The van der Waals surface area contributed by atoms with Gasteiger partial charge in [0.2, 0.25) is 11.8 Å². The van der Waals surface area contributed by atoms with Gasteiger partial charge in [0.05, 0.1) is 25.1 Å². The number of carbonyl (C=O) groups is 5. The summed E-state index contributed by atoms with van der Waals surface area (Å²) in [5.74, 6) is -7.31. The third kappa shape index (κ3) is 14.2. The molecule has 49 heavy (non-hydrogen) atoms. The molecule has 0 aliphatic heterocycles. The van der Waals surface area contributed by atoms with Gasteiger partial charge < -0.3 is 30.5 Å². The molecule has 12 heteroatoms. The molecular formula is C37H50N2O10. The molecule has 0 radical (unpaired) electrons. The van der Waals surface area contributed by atoms with Gasteiger partial charge in [-0.05, 0) is 37.3 Å². The number of pyridine rings is 1.